The average molecular weight is 169 g/mol. The number of hydrogen-bond acceptors (Lipinski definition) is 2. The lowest BCUT2D eigenvalue weighted by Gasteiger charge is -2.14. The summed E-state index contributed by atoms with van der Waals surface area (Å²) in [6, 6.07) is 3.16. The minimum atomic E-state index is 0.133. The van der Waals surface area contributed by atoms with Gasteiger partial charge < -0.3 is 10.2 Å². The van der Waals surface area contributed by atoms with Crippen molar-refractivity contribution in [3.8, 4) is 11.8 Å². The topological polar surface area (TPSA) is 45.4 Å². The van der Waals surface area contributed by atoms with Crippen molar-refractivity contribution in [2.75, 3.05) is 0 Å². The highest BCUT2D eigenvalue weighted by Crippen LogP contribution is 2.28. The third-order valence-electron chi connectivity index (χ3n) is 2.02. The first-order valence-electron chi connectivity index (χ1n) is 4.26. The maximum atomic E-state index is 9.33. The predicted molar refractivity (Wildman–Crippen MR) is 47.4 cm³/mol. The highest BCUT2D eigenvalue weighted by Gasteiger charge is 2.11. The highest BCUT2D eigenvalue weighted by molar-refractivity contribution is 5.24. The second-order valence-corrected chi connectivity index (χ2v) is 3.06. The van der Waals surface area contributed by atoms with E-state index in [0.717, 1.165) is 12.8 Å². The molecule has 0 radical (unpaired) electrons. The van der Waals surface area contributed by atoms with Gasteiger partial charge >= 0.3 is 0 Å². The van der Waals surface area contributed by atoms with E-state index in [1.54, 1.807) is 0 Å². The molecule has 0 fully saturated rings. The van der Waals surface area contributed by atoms with Crippen LogP contribution in [-0.4, -0.2) is 14.8 Å². The molecule has 0 aromatic carbocycles. The summed E-state index contributed by atoms with van der Waals surface area (Å²) < 4.78 is 1.53. The van der Waals surface area contributed by atoms with Crippen LogP contribution in [0.3, 0.4) is 0 Å². The minimum absolute atomic E-state index is 0.133. The molecule has 0 amide bonds. The minimum Gasteiger partial charge on any atom is -0.494 e. The number of aromatic nitrogens is 1. The maximum Gasteiger partial charge on any atom is 0.194 e. The lowest BCUT2D eigenvalue weighted by Crippen LogP contribution is -2.02. The molecule has 0 saturated carbocycles. The van der Waals surface area contributed by atoms with Crippen LogP contribution >= 0.6 is 0 Å². The molecule has 1 aromatic heterocycles. The third-order valence-corrected chi connectivity index (χ3v) is 2.02. The van der Waals surface area contributed by atoms with Crippen LogP contribution < -0.4 is 0 Å². The zero-order chi connectivity index (χ0) is 9.14. The number of rotatable bonds is 3. The summed E-state index contributed by atoms with van der Waals surface area (Å²) in [6.45, 7) is 4.05. The first kappa shape index (κ1) is 8.97. The Morgan fingerprint density at radius 1 is 1.33 bits per heavy atom. The Kier molecular flexibility index (Phi) is 2.63. The zero-order valence-corrected chi connectivity index (χ0v) is 7.49. The lowest BCUT2D eigenvalue weighted by atomic mass is 10.2. The van der Waals surface area contributed by atoms with Crippen LogP contribution in [0.2, 0.25) is 0 Å². The Balaban J connectivity index is 2.85. The third kappa shape index (κ3) is 1.55. The zero-order valence-electron chi connectivity index (χ0n) is 7.49. The Hall–Kier alpha value is -1.12. The van der Waals surface area contributed by atoms with Crippen LogP contribution in [0.15, 0.2) is 12.1 Å². The maximum absolute atomic E-state index is 9.33. The lowest BCUT2D eigenvalue weighted by molar-refractivity contribution is 0.332. The molecule has 12 heavy (non-hydrogen) atoms. The van der Waals surface area contributed by atoms with E-state index < -0.39 is 0 Å². The van der Waals surface area contributed by atoms with Crippen molar-refractivity contribution < 1.29 is 10.2 Å². The van der Waals surface area contributed by atoms with E-state index in [-0.39, 0.29) is 17.8 Å². The molecular weight excluding hydrogens is 154 g/mol. The fourth-order valence-electron chi connectivity index (χ4n) is 1.43. The first-order chi connectivity index (χ1) is 5.66. The van der Waals surface area contributed by atoms with Crippen molar-refractivity contribution in [1.82, 2.24) is 4.57 Å². The summed E-state index contributed by atoms with van der Waals surface area (Å²) >= 11 is 0. The molecule has 1 atom stereocenters. The molecule has 1 rings (SSSR count). The molecule has 1 heterocycles. The van der Waals surface area contributed by atoms with Crippen LogP contribution in [-0.2, 0) is 0 Å². The molecule has 0 aliphatic heterocycles. The summed E-state index contributed by atoms with van der Waals surface area (Å²) in [6.07, 6.45) is 1.99. The number of aromatic hydroxyl groups is 2. The van der Waals surface area contributed by atoms with E-state index >= 15 is 0 Å². The van der Waals surface area contributed by atoms with Crippen molar-refractivity contribution in [2.24, 2.45) is 0 Å². The van der Waals surface area contributed by atoms with E-state index in [1.165, 1.54) is 16.7 Å². The second kappa shape index (κ2) is 3.52. The van der Waals surface area contributed by atoms with Gasteiger partial charge in [0.1, 0.15) is 0 Å². The Morgan fingerprint density at radius 3 is 2.25 bits per heavy atom. The quantitative estimate of drug-likeness (QED) is 0.729. The van der Waals surface area contributed by atoms with Crippen LogP contribution in [0.4, 0.5) is 0 Å². The Labute approximate surface area is 72.3 Å². The van der Waals surface area contributed by atoms with Crippen molar-refractivity contribution in [2.45, 2.75) is 32.7 Å². The number of hydrogen-bond donors (Lipinski definition) is 2. The van der Waals surface area contributed by atoms with E-state index in [0.29, 0.717) is 0 Å². The van der Waals surface area contributed by atoms with Gasteiger partial charge in [0, 0.05) is 18.2 Å². The fourth-order valence-corrected chi connectivity index (χ4v) is 1.43. The summed E-state index contributed by atoms with van der Waals surface area (Å²) in [5, 5.41) is 18.7. The molecule has 68 valence electrons. The van der Waals surface area contributed by atoms with Gasteiger partial charge in [0.2, 0.25) is 0 Å². The average Bonchev–Trinajstić information content (AvgIpc) is 2.32. The van der Waals surface area contributed by atoms with Gasteiger partial charge in [-0.25, -0.2) is 0 Å². The normalized spacial score (nSPS) is 13.2. The van der Waals surface area contributed by atoms with Crippen LogP contribution in [0, 0.1) is 0 Å². The van der Waals surface area contributed by atoms with Crippen molar-refractivity contribution >= 4 is 0 Å². The molecule has 2 N–H and O–H groups in total. The monoisotopic (exact) mass is 169 g/mol. The SMILES string of the molecule is CCCC(C)n1c(O)ccc1O. The molecule has 1 aromatic rings. The standard InChI is InChI=1S/C9H15NO2/c1-3-4-7(2)10-8(11)5-6-9(10)12/h5-7,11-12H,3-4H2,1-2H3. The summed E-state index contributed by atoms with van der Waals surface area (Å²) in [5.74, 6) is 0.266. The van der Waals surface area contributed by atoms with E-state index in [1.807, 2.05) is 6.92 Å². The molecular formula is C9H15NO2. The van der Waals surface area contributed by atoms with Crippen molar-refractivity contribution in [1.29, 1.82) is 0 Å². The van der Waals surface area contributed by atoms with E-state index in [2.05, 4.69) is 6.92 Å². The van der Waals surface area contributed by atoms with E-state index in [4.69, 9.17) is 0 Å². The molecule has 3 nitrogen and oxygen atoms in total. The van der Waals surface area contributed by atoms with E-state index in [9.17, 15) is 10.2 Å². The molecule has 0 spiro atoms. The molecule has 0 saturated heterocycles. The smallest absolute Gasteiger partial charge is 0.194 e. The van der Waals surface area contributed by atoms with Crippen LogP contribution in [0.5, 0.6) is 11.8 Å². The molecule has 0 aliphatic rings. The molecule has 0 bridgehead atoms. The first-order valence-corrected chi connectivity index (χ1v) is 4.26. The van der Waals surface area contributed by atoms with Gasteiger partial charge in [-0.1, -0.05) is 13.3 Å². The van der Waals surface area contributed by atoms with Gasteiger partial charge in [0.05, 0.1) is 0 Å². The Bertz CT molecular complexity index is 236. The number of nitrogens with zero attached hydrogens (tertiary/aromatic N) is 1. The van der Waals surface area contributed by atoms with Gasteiger partial charge in [-0.2, -0.15) is 0 Å². The Morgan fingerprint density at radius 2 is 1.83 bits per heavy atom. The summed E-state index contributed by atoms with van der Waals surface area (Å²) in [5.41, 5.74) is 0. The predicted octanol–water partition coefficient (Wildman–Crippen LogP) is 2.26. The molecule has 0 aliphatic carbocycles. The summed E-state index contributed by atoms with van der Waals surface area (Å²) in [7, 11) is 0. The van der Waals surface area contributed by atoms with Gasteiger partial charge in [-0.15, -0.1) is 0 Å². The van der Waals surface area contributed by atoms with Gasteiger partial charge in [0.25, 0.3) is 0 Å². The van der Waals surface area contributed by atoms with Gasteiger partial charge in [-0.3, -0.25) is 4.57 Å². The van der Waals surface area contributed by atoms with Crippen LogP contribution in [0.25, 0.3) is 0 Å². The van der Waals surface area contributed by atoms with Crippen molar-refractivity contribution in [3.63, 3.8) is 0 Å². The summed E-state index contributed by atoms with van der Waals surface area (Å²) in [4.78, 5) is 0. The molecule has 3 heteroatoms. The second-order valence-electron chi connectivity index (χ2n) is 3.06. The fraction of sp³-hybridized carbons (Fsp3) is 0.556. The van der Waals surface area contributed by atoms with Gasteiger partial charge in [-0.05, 0) is 13.3 Å². The largest absolute Gasteiger partial charge is 0.494 e. The molecule has 1 unspecified atom stereocenters. The highest BCUT2D eigenvalue weighted by atomic mass is 16.3. The van der Waals surface area contributed by atoms with Crippen molar-refractivity contribution in [3.05, 3.63) is 12.1 Å². The van der Waals surface area contributed by atoms with Gasteiger partial charge in [0.15, 0.2) is 11.8 Å². The van der Waals surface area contributed by atoms with Crippen LogP contribution in [0.1, 0.15) is 32.7 Å².